The van der Waals surface area contributed by atoms with Gasteiger partial charge in [0.1, 0.15) is 11.5 Å². The summed E-state index contributed by atoms with van der Waals surface area (Å²) in [5, 5.41) is 18.7. The molecule has 0 spiro atoms. The maximum Gasteiger partial charge on any atom is 0.319 e. The number of carbonyl (C=O) groups excluding carboxylic acids is 2. The smallest absolute Gasteiger partial charge is 0.319 e. The fourth-order valence-corrected chi connectivity index (χ4v) is 4.82. The molecule has 3 aliphatic rings. The minimum absolute atomic E-state index is 0.0558. The van der Waals surface area contributed by atoms with Gasteiger partial charge in [-0.25, -0.2) is 9.78 Å². The topological polar surface area (TPSA) is 137 Å². The average molecular weight is 561 g/mol. The van der Waals surface area contributed by atoms with Crippen LogP contribution in [0.5, 0.6) is 0 Å². The van der Waals surface area contributed by atoms with Gasteiger partial charge in [0.25, 0.3) is 5.91 Å². The van der Waals surface area contributed by atoms with Gasteiger partial charge in [0.05, 0.1) is 43.3 Å². The Kier molecular flexibility index (Phi) is 8.62. The predicted molar refractivity (Wildman–Crippen MR) is 158 cm³/mol. The van der Waals surface area contributed by atoms with E-state index in [1.807, 2.05) is 56.3 Å². The van der Waals surface area contributed by atoms with Gasteiger partial charge in [-0.2, -0.15) is 4.99 Å². The molecule has 1 atom stereocenters. The quantitative estimate of drug-likeness (QED) is 0.365. The molecule has 4 N–H and O–H groups in total. The highest BCUT2D eigenvalue weighted by atomic mass is 16.5. The Labute approximate surface area is 239 Å². The van der Waals surface area contributed by atoms with Gasteiger partial charge in [0.2, 0.25) is 6.67 Å². The van der Waals surface area contributed by atoms with Crippen molar-refractivity contribution < 1.29 is 19.4 Å². The van der Waals surface area contributed by atoms with Gasteiger partial charge in [0, 0.05) is 31.2 Å². The number of aliphatic imine (C=N–C) groups is 1. The normalized spacial score (nSPS) is 17.6. The summed E-state index contributed by atoms with van der Waals surface area (Å²) in [6, 6.07) is 8.58. The van der Waals surface area contributed by atoms with Gasteiger partial charge in [-0.1, -0.05) is 24.8 Å². The van der Waals surface area contributed by atoms with Crippen LogP contribution in [0.4, 0.5) is 22.0 Å². The first-order valence-electron chi connectivity index (χ1n) is 13.7. The monoisotopic (exact) mass is 560 g/mol. The Morgan fingerprint density at radius 1 is 1.17 bits per heavy atom. The number of aliphatic hydroxyl groups excluding tert-OH is 1. The van der Waals surface area contributed by atoms with Crippen molar-refractivity contribution in [2.24, 2.45) is 10.9 Å². The Morgan fingerprint density at radius 2 is 1.98 bits per heavy atom. The van der Waals surface area contributed by atoms with Crippen LogP contribution in [0.25, 0.3) is 0 Å². The lowest BCUT2D eigenvalue weighted by Crippen LogP contribution is -2.46. The maximum absolute atomic E-state index is 12.8. The summed E-state index contributed by atoms with van der Waals surface area (Å²) < 4.78 is 5.34. The van der Waals surface area contributed by atoms with Gasteiger partial charge in [-0.05, 0) is 42.7 Å². The third-order valence-electron chi connectivity index (χ3n) is 7.30. The van der Waals surface area contributed by atoms with Crippen LogP contribution in [-0.4, -0.2) is 78.4 Å². The van der Waals surface area contributed by atoms with Crippen LogP contribution >= 0.6 is 0 Å². The fraction of sp³-hybridized carbons (Fsp3) is 0.379. The zero-order valence-corrected chi connectivity index (χ0v) is 23.5. The lowest BCUT2D eigenvalue weighted by atomic mass is 10.1. The molecule has 5 rings (SSSR count). The van der Waals surface area contributed by atoms with E-state index >= 15 is 0 Å². The van der Waals surface area contributed by atoms with Crippen molar-refractivity contribution in [2.45, 2.75) is 26.8 Å². The zero-order valence-electron chi connectivity index (χ0n) is 23.5. The standard InChI is InChI=1S/C29H36N8O4/c1-19(2)24(17-38)34-29(40)33-22-5-4-6-25(20(22)3)37-16-23(27-30-9-10-36(27)18-37)32-26-8-7-21(15-31-26)28(39)35-11-13-41-14-12-35/h4-10,15-16,19,24,38H,11-14,17-18H2,1-3H3,(H,31,32)(H2,33,34,40)/q+1/t24-/m1/s1. The summed E-state index contributed by atoms with van der Waals surface area (Å²) in [4.78, 5) is 40.3. The Morgan fingerprint density at radius 3 is 2.68 bits per heavy atom. The molecule has 41 heavy (non-hydrogen) atoms. The van der Waals surface area contributed by atoms with Crippen LogP contribution < -0.4 is 25.8 Å². The molecule has 0 saturated carbocycles. The van der Waals surface area contributed by atoms with Crippen LogP contribution in [0, 0.1) is 12.8 Å². The average Bonchev–Trinajstić information content (AvgIpc) is 3.46. The molecule has 3 amide bonds. The summed E-state index contributed by atoms with van der Waals surface area (Å²) in [6.07, 6.45) is 7.19. The molecule has 3 aliphatic heterocycles. The van der Waals surface area contributed by atoms with Gasteiger partial charge >= 0.3 is 11.9 Å². The van der Waals surface area contributed by atoms with Crippen LogP contribution in [0.1, 0.15) is 29.8 Å². The van der Waals surface area contributed by atoms with Crippen molar-refractivity contribution in [3.63, 3.8) is 0 Å². The molecule has 1 aromatic heterocycles. The number of ether oxygens (including phenoxy) is 1. The number of nitrogens with one attached hydrogen (secondary N) is 3. The Hall–Kier alpha value is -4.26. The number of pyridine rings is 1. The number of aliphatic hydroxyl groups is 1. The molecular weight excluding hydrogens is 524 g/mol. The molecule has 0 aliphatic carbocycles. The van der Waals surface area contributed by atoms with Crippen molar-refractivity contribution >= 4 is 35.0 Å². The largest absolute Gasteiger partial charge is 0.394 e. The Balaban J connectivity index is 1.33. The van der Waals surface area contributed by atoms with Gasteiger partial charge in [0.15, 0.2) is 6.20 Å². The number of benzene rings is 1. The number of anilines is 3. The third kappa shape index (κ3) is 6.40. The SMILES string of the molecule is Cc1c(NC(=O)N[C@H](CO)C(C)C)cccc1N1C=C(Nc2ccc(C(=O)N3CCOCC3)cn2)C2=NC=C[N+]2C1. The number of fused-ring (bicyclic) bond motifs is 1. The van der Waals surface area contributed by atoms with E-state index in [0.29, 0.717) is 50.0 Å². The number of hydrogen-bond acceptors (Lipinski definition) is 9. The highest BCUT2D eigenvalue weighted by molar-refractivity contribution is 6.06. The molecule has 0 bridgehead atoms. The van der Waals surface area contributed by atoms with Crippen LogP contribution in [0.3, 0.4) is 0 Å². The molecule has 12 heteroatoms. The van der Waals surface area contributed by atoms with E-state index in [1.165, 1.54) is 0 Å². The number of urea groups is 1. The van der Waals surface area contributed by atoms with Crippen molar-refractivity contribution in [1.29, 1.82) is 0 Å². The number of aromatic nitrogens is 1. The van der Waals surface area contributed by atoms with Gasteiger partial charge < -0.3 is 30.7 Å². The molecule has 12 nitrogen and oxygen atoms in total. The number of carbonyl (C=O) groups is 2. The number of hydrogen-bond donors (Lipinski definition) is 4. The first-order valence-corrected chi connectivity index (χ1v) is 13.7. The highest BCUT2D eigenvalue weighted by Gasteiger charge is 2.37. The molecule has 1 radical (unpaired) electrons. The number of morpholine rings is 1. The lowest BCUT2D eigenvalue weighted by Gasteiger charge is -2.28. The molecule has 0 unspecified atom stereocenters. The molecule has 2 aromatic rings. The number of nitrogens with zero attached hydrogens (tertiary/aromatic N) is 5. The molecular formula is C29H36N8O4+. The summed E-state index contributed by atoms with van der Waals surface area (Å²) in [6.45, 7) is 8.48. The number of amides is 3. The van der Waals surface area contributed by atoms with E-state index in [-0.39, 0.29) is 30.5 Å². The van der Waals surface area contributed by atoms with Crippen LogP contribution in [0.15, 0.2) is 65.8 Å². The molecule has 1 saturated heterocycles. The van der Waals surface area contributed by atoms with Crippen molar-refractivity contribution in [1.82, 2.24) is 20.1 Å². The van der Waals surface area contributed by atoms with E-state index < -0.39 is 0 Å². The minimum atomic E-state index is -0.368. The summed E-state index contributed by atoms with van der Waals surface area (Å²) in [7, 11) is 0. The van der Waals surface area contributed by atoms with E-state index in [2.05, 4.69) is 30.8 Å². The number of rotatable bonds is 8. The first kappa shape index (κ1) is 28.3. The molecule has 4 heterocycles. The van der Waals surface area contributed by atoms with E-state index in [4.69, 9.17) is 4.74 Å². The molecule has 1 fully saturated rings. The third-order valence-corrected chi connectivity index (χ3v) is 7.30. The minimum Gasteiger partial charge on any atom is -0.394 e. The van der Waals surface area contributed by atoms with Crippen molar-refractivity contribution in [3.05, 3.63) is 72.0 Å². The van der Waals surface area contributed by atoms with Gasteiger partial charge in [-0.3, -0.25) is 9.69 Å². The molecule has 215 valence electrons. The number of amidine groups is 1. The summed E-state index contributed by atoms with van der Waals surface area (Å²) in [5.74, 6) is 1.38. The fourth-order valence-electron chi connectivity index (χ4n) is 4.82. The highest BCUT2D eigenvalue weighted by Crippen LogP contribution is 2.30. The summed E-state index contributed by atoms with van der Waals surface area (Å²) >= 11 is 0. The second-order valence-corrected chi connectivity index (χ2v) is 10.4. The van der Waals surface area contributed by atoms with Crippen molar-refractivity contribution in [2.75, 3.05) is 55.1 Å². The zero-order chi connectivity index (χ0) is 28.9. The van der Waals surface area contributed by atoms with Crippen LogP contribution in [-0.2, 0) is 4.74 Å². The summed E-state index contributed by atoms with van der Waals surface area (Å²) in [5.41, 5.74) is 3.72. The Bertz CT molecular complexity index is 1370. The van der Waals surface area contributed by atoms with E-state index in [1.54, 1.807) is 29.4 Å². The lowest BCUT2D eigenvalue weighted by molar-refractivity contribution is 0.0302. The maximum atomic E-state index is 12.8. The second kappa shape index (κ2) is 12.5. The van der Waals surface area contributed by atoms with E-state index in [0.717, 1.165) is 22.8 Å². The van der Waals surface area contributed by atoms with Crippen LogP contribution in [0.2, 0.25) is 0 Å². The van der Waals surface area contributed by atoms with E-state index in [9.17, 15) is 14.7 Å². The predicted octanol–water partition coefficient (Wildman–Crippen LogP) is 2.76. The second-order valence-electron chi connectivity index (χ2n) is 10.4. The van der Waals surface area contributed by atoms with Crippen molar-refractivity contribution in [3.8, 4) is 0 Å². The van der Waals surface area contributed by atoms with Gasteiger partial charge in [-0.15, -0.1) is 0 Å². The molecule has 1 aromatic carbocycles. The first-order chi connectivity index (χ1) is 19.8.